The molecule has 4 N–H and O–H groups in total. The van der Waals surface area contributed by atoms with Crippen LogP contribution in [0.3, 0.4) is 0 Å². The van der Waals surface area contributed by atoms with Crippen molar-refractivity contribution in [2.75, 3.05) is 44.5 Å². The third-order valence-corrected chi connectivity index (χ3v) is 6.16. The largest absolute Gasteiger partial charge is 0.481 e. The summed E-state index contributed by atoms with van der Waals surface area (Å²) in [5, 5.41) is 12.5. The maximum absolute atomic E-state index is 11.1. The zero-order chi connectivity index (χ0) is 22.7. The number of aliphatic carboxylic acids is 1. The van der Waals surface area contributed by atoms with E-state index in [9.17, 15) is 4.79 Å². The smallest absolute Gasteiger partial charge is 0.304 e. The summed E-state index contributed by atoms with van der Waals surface area (Å²) in [7, 11) is -0.853. The Morgan fingerprint density at radius 2 is 2.16 bits per heavy atom. The molecule has 0 aromatic carbocycles. The van der Waals surface area contributed by atoms with E-state index in [1.54, 1.807) is 0 Å². The molecular formula is C22H39N4O3PS. The first-order valence-corrected chi connectivity index (χ1v) is 14.0. The van der Waals surface area contributed by atoms with E-state index in [0.717, 1.165) is 63.3 Å². The SMILES string of the molecule is CC(C)(COCP(N)S)CN(CCCCCc1ccc2c(n1)NCCC2)CCC(=O)O. The molecule has 0 fully saturated rings. The number of hydrogen-bond donors (Lipinski definition) is 4. The van der Waals surface area contributed by atoms with Crippen molar-refractivity contribution in [1.29, 1.82) is 0 Å². The summed E-state index contributed by atoms with van der Waals surface area (Å²) in [6.07, 6.45) is 7.15. The highest BCUT2D eigenvalue weighted by molar-refractivity contribution is 8.44. The summed E-state index contributed by atoms with van der Waals surface area (Å²) in [5.74, 6) is 0.308. The number of unbranched alkanes of at least 4 members (excludes halogenated alkanes) is 2. The van der Waals surface area contributed by atoms with Gasteiger partial charge in [-0.1, -0.05) is 26.3 Å². The minimum Gasteiger partial charge on any atom is -0.481 e. The van der Waals surface area contributed by atoms with E-state index < -0.39 is 13.2 Å². The molecule has 9 heteroatoms. The third kappa shape index (κ3) is 11.0. The first-order valence-electron chi connectivity index (χ1n) is 11.2. The lowest BCUT2D eigenvalue weighted by Gasteiger charge is -2.32. The van der Waals surface area contributed by atoms with Crippen LogP contribution in [-0.2, 0) is 22.4 Å². The van der Waals surface area contributed by atoms with E-state index in [4.69, 9.17) is 20.3 Å². The summed E-state index contributed by atoms with van der Waals surface area (Å²) < 4.78 is 5.69. The molecule has 1 aliphatic heterocycles. The molecule has 0 spiro atoms. The Bertz CT molecular complexity index is 691. The first kappa shape index (κ1) is 26.3. The number of pyridine rings is 1. The van der Waals surface area contributed by atoms with Crippen molar-refractivity contribution in [3.63, 3.8) is 0 Å². The minimum atomic E-state index is -0.853. The van der Waals surface area contributed by atoms with E-state index in [1.807, 2.05) is 0 Å². The Kier molecular flexibility index (Phi) is 11.5. The molecule has 0 bridgehead atoms. The second-order valence-corrected chi connectivity index (χ2v) is 11.8. The van der Waals surface area contributed by atoms with Gasteiger partial charge in [-0.05, 0) is 50.3 Å². The Morgan fingerprint density at radius 1 is 1.35 bits per heavy atom. The number of anilines is 1. The van der Waals surface area contributed by atoms with Crippen LogP contribution in [-0.4, -0.2) is 60.1 Å². The minimum absolute atomic E-state index is 0.0718. The molecular weight excluding hydrogens is 431 g/mol. The summed E-state index contributed by atoms with van der Waals surface area (Å²) in [6.45, 7) is 8.15. The lowest BCUT2D eigenvalue weighted by Crippen LogP contribution is -2.39. The number of carbonyl (C=O) groups is 1. The van der Waals surface area contributed by atoms with E-state index in [1.165, 1.54) is 12.0 Å². The van der Waals surface area contributed by atoms with Crippen LogP contribution in [0.25, 0.3) is 0 Å². The Balaban J connectivity index is 1.74. The van der Waals surface area contributed by atoms with E-state index >= 15 is 0 Å². The molecule has 1 aromatic heterocycles. The zero-order valence-corrected chi connectivity index (χ0v) is 20.8. The maximum atomic E-state index is 11.1. The van der Waals surface area contributed by atoms with Crippen LogP contribution in [0, 0.1) is 5.41 Å². The van der Waals surface area contributed by atoms with E-state index in [-0.39, 0.29) is 11.8 Å². The Labute approximate surface area is 193 Å². The van der Waals surface area contributed by atoms with Crippen molar-refractivity contribution < 1.29 is 14.6 Å². The summed E-state index contributed by atoms with van der Waals surface area (Å²) >= 11 is 4.20. The lowest BCUT2D eigenvalue weighted by molar-refractivity contribution is -0.137. The highest BCUT2D eigenvalue weighted by Gasteiger charge is 2.23. The number of rotatable bonds is 15. The molecule has 31 heavy (non-hydrogen) atoms. The second-order valence-electron chi connectivity index (χ2n) is 9.15. The van der Waals surface area contributed by atoms with Gasteiger partial charge in [-0.15, -0.1) is 12.2 Å². The maximum Gasteiger partial charge on any atom is 0.304 e. The number of aromatic nitrogens is 1. The fourth-order valence-electron chi connectivity index (χ4n) is 3.92. The Hall–Kier alpha value is -0.920. The van der Waals surface area contributed by atoms with Gasteiger partial charge in [0.15, 0.2) is 0 Å². The molecule has 7 nitrogen and oxygen atoms in total. The van der Waals surface area contributed by atoms with Crippen LogP contribution >= 0.6 is 19.5 Å². The van der Waals surface area contributed by atoms with Crippen molar-refractivity contribution in [2.24, 2.45) is 10.9 Å². The van der Waals surface area contributed by atoms with Gasteiger partial charge in [0.05, 0.1) is 19.4 Å². The molecule has 1 unspecified atom stereocenters. The number of ether oxygens (including phenoxy) is 1. The van der Waals surface area contributed by atoms with Crippen LogP contribution < -0.4 is 10.8 Å². The van der Waals surface area contributed by atoms with Gasteiger partial charge in [-0.2, -0.15) is 0 Å². The normalized spacial score (nSPS) is 14.9. The number of carboxylic acids is 1. The van der Waals surface area contributed by atoms with Crippen LogP contribution in [0.1, 0.15) is 57.2 Å². The molecule has 1 atom stereocenters. The summed E-state index contributed by atoms with van der Waals surface area (Å²) in [4.78, 5) is 18.1. The fraction of sp³-hybridized carbons (Fsp3) is 0.727. The standard InChI is InChI=1S/C22H39N4O3PS/c1-22(2,16-29-17-30(23)31)15-26(14-11-20(27)28)13-5-3-4-8-19-10-9-18-7-6-12-24-21(18)25-19/h9-10,31H,3-8,11-17,23H2,1-2H3,(H,24,25)(H,27,28). The second kappa shape index (κ2) is 13.6. The summed E-state index contributed by atoms with van der Waals surface area (Å²) in [6, 6.07) is 4.37. The predicted octanol–water partition coefficient (Wildman–Crippen LogP) is 4.13. The van der Waals surface area contributed by atoms with Crippen molar-refractivity contribution in [2.45, 2.75) is 58.8 Å². The first-order chi connectivity index (χ1) is 14.7. The Morgan fingerprint density at radius 3 is 2.90 bits per heavy atom. The molecule has 0 radical (unpaired) electrons. The number of carboxylic acid groups (broad SMARTS) is 1. The average molecular weight is 471 g/mol. The number of fused-ring (bicyclic) bond motifs is 1. The highest BCUT2D eigenvalue weighted by atomic mass is 32.7. The van der Waals surface area contributed by atoms with Gasteiger partial charge in [0, 0.05) is 38.0 Å². The molecule has 1 aliphatic rings. The van der Waals surface area contributed by atoms with Gasteiger partial charge >= 0.3 is 5.97 Å². The molecule has 0 aliphatic carbocycles. The molecule has 0 saturated heterocycles. The number of aryl methyl sites for hydroxylation is 2. The van der Waals surface area contributed by atoms with Crippen molar-refractivity contribution >= 4 is 31.3 Å². The van der Waals surface area contributed by atoms with Gasteiger partial charge in [0.2, 0.25) is 0 Å². The molecule has 0 amide bonds. The van der Waals surface area contributed by atoms with Gasteiger partial charge in [0.1, 0.15) is 5.82 Å². The van der Waals surface area contributed by atoms with Gasteiger partial charge in [-0.25, -0.2) is 4.98 Å². The quantitative estimate of drug-likeness (QED) is 0.174. The van der Waals surface area contributed by atoms with Crippen LogP contribution in [0.4, 0.5) is 5.82 Å². The van der Waals surface area contributed by atoms with E-state index in [0.29, 0.717) is 19.5 Å². The lowest BCUT2D eigenvalue weighted by atomic mass is 9.93. The number of thiol groups is 1. The number of nitrogens with two attached hydrogens (primary N) is 1. The molecule has 2 heterocycles. The highest BCUT2D eigenvalue weighted by Crippen LogP contribution is 2.31. The van der Waals surface area contributed by atoms with Crippen molar-refractivity contribution in [3.8, 4) is 0 Å². The zero-order valence-electron chi connectivity index (χ0n) is 19.0. The van der Waals surface area contributed by atoms with E-state index in [2.05, 4.69) is 48.4 Å². The predicted molar refractivity (Wildman–Crippen MR) is 132 cm³/mol. The molecule has 1 aromatic rings. The van der Waals surface area contributed by atoms with Gasteiger partial charge < -0.3 is 20.1 Å². The van der Waals surface area contributed by atoms with Crippen LogP contribution in [0.15, 0.2) is 12.1 Å². The number of hydrogen-bond acceptors (Lipinski definition) is 7. The van der Waals surface area contributed by atoms with Crippen LogP contribution in [0.2, 0.25) is 0 Å². The van der Waals surface area contributed by atoms with Crippen LogP contribution in [0.5, 0.6) is 0 Å². The van der Waals surface area contributed by atoms with Gasteiger partial charge in [0.25, 0.3) is 0 Å². The summed E-state index contributed by atoms with van der Waals surface area (Å²) in [5.41, 5.74) is 8.10. The van der Waals surface area contributed by atoms with Crippen molar-refractivity contribution in [3.05, 3.63) is 23.4 Å². The molecule has 0 saturated carbocycles. The monoisotopic (exact) mass is 470 g/mol. The number of nitrogens with one attached hydrogen (secondary N) is 1. The average Bonchev–Trinajstić information content (AvgIpc) is 2.70. The number of nitrogens with zero attached hydrogens (tertiary/aromatic N) is 2. The van der Waals surface area contributed by atoms with Crippen molar-refractivity contribution in [1.82, 2.24) is 9.88 Å². The molecule has 176 valence electrons. The fourth-order valence-corrected chi connectivity index (χ4v) is 4.44. The topological polar surface area (TPSA) is 101 Å². The van der Waals surface area contributed by atoms with Gasteiger partial charge in [-0.3, -0.25) is 10.3 Å². The molecule has 2 rings (SSSR count). The third-order valence-electron chi connectivity index (χ3n) is 5.37.